The lowest BCUT2D eigenvalue weighted by Crippen LogP contribution is -2.19. The maximum atomic E-state index is 13.8. The molecule has 0 aliphatic rings. The standard InChI is InChI=1S/C14H11ClF3N/c1-19-14(10-6-8(16)2-4-12(10)15)11-7-9(17)3-5-13(11)18/h2-7,14,19H,1H3. The molecular weight excluding hydrogens is 275 g/mol. The minimum absolute atomic E-state index is 0.0787. The summed E-state index contributed by atoms with van der Waals surface area (Å²) >= 11 is 5.99. The largest absolute Gasteiger partial charge is 0.309 e. The number of rotatable bonds is 3. The summed E-state index contributed by atoms with van der Waals surface area (Å²) in [5.41, 5.74) is 0.434. The smallest absolute Gasteiger partial charge is 0.128 e. The van der Waals surface area contributed by atoms with Crippen molar-refractivity contribution in [3.05, 3.63) is 70.0 Å². The van der Waals surface area contributed by atoms with E-state index in [1.54, 1.807) is 7.05 Å². The van der Waals surface area contributed by atoms with Gasteiger partial charge in [0.15, 0.2) is 0 Å². The number of hydrogen-bond donors (Lipinski definition) is 1. The van der Waals surface area contributed by atoms with Gasteiger partial charge < -0.3 is 5.32 Å². The third-order valence-electron chi connectivity index (χ3n) is 2.83. The van der Waals surface area contributed by atoms with Gasteiger partial charge in [0.1, 0.15) is 17.5 Å². The van der Waals surface area contributed by atoms with Crippen LogP contribution in [0.5, 0.6) is 0 Å². The SMILES string of the molecule is CNC(c1cc(F)ccc1F)c1cc(F)ccc1Cl. The van der Waals surface area contributed by atoms with Crippen molar-refractivity contribution in [2.75, 3.05) is 7.05 Å². The molecule has 0 fully saturated rings. The van der Waals surface area contributed by atoms with Gasteiger partial charge in [-0.2, -0.15) is 0 Å². The third-order valence-corrected chi connectivity index (χ3v) is 3.17. The number of halogens is 4. The molecule has 0 radical (unpaired) electrons. The van der Waals surface area contributed by atoms with Crippen molar-refractivity contribution in [3.8, 4) is 0 Å². The lowest BCUT2D eigenvalue weighted by Gasteiger charge is -2.19. The number of nitrogens with one attached hydrogen (secondary N) is 1. The molecule has 19 heavy (non-hydrogen) atoms. The first kappa shape index (κ1) is 13.9. The molecule has 1 atom stereocenters. The van der Waals surface area contributed by atoms with Gasteiger partial charge in [-0.1, -0.05) is 11.6 Å². The molecule has 0 aliphatic carbocycles. The molecule has 5 heteroatoms. The van der Waals surface area contributed by atoms with Crippen molar-refractivity contribution in [1.29, 1.82) is 0 Å². The van der Waals surface area contributed by atoms with Crippen LogP contribution in [0.1, 0.15) is 17.2 Å². The lowest BCUT2D eigenvalue weighted by atomic mass is 9.98. The summed E-state index contributed by atoms with van der Waals surface area (Å²) in [6.45, 7) is 0. The highest BCUT2D eigenvalue weighted by Gasteiger charge is 2.20. The van der Waals surface area contributed by atoms with E-state index >= 15 is 0 Å². The molecule has 0 aliphatic heterocycles. The van der Waals surface area contributed by atoms with Crippen LogP contribution in [0, 0.1) is 17.5 Å². The van der Waals surface area contributed by atoms with Crippen LogP contribution in [-0.2, 0) is 0 Å². The maximum Gasteiger partial charge on any atom is 0.128 e. The molecule has 0 aromatic heterocycles. The summed E-state index contributed by atoms with van der Waals surface area (Å²) < 4.78 is 40.3. The van der Waals surface area contributed by atoms with E-state index < -0.39 is 23.5 Å². The molecule has 0 saturated carbocycles. The predicted molar refractivity (Wildman–Crippen MR) is 68.7 cm³/mol. The lowest BCUT2D eigenvalue weighted by molar-refractivity contribution is 0.555. The molecule has 2 rings (SSSR count). The van der Waals surface area contributed by atoms with E-state index in [-0.39, 0.29) is 10.6 Å². The van der Waals surface area contributed by atoms with E-state index in [0.717, 1.165) is 18.2 Å². The molecule has 1 unspecified atom stereocenters. The van der Waals surface area contributed by atoms with Crippen molar-refractivity contribution in [2.45, 2.75) is 6.04 Å². The Bertz CT molecular complexity index is 550. The van der Waals surface area contributed by atoms with Gasteiger partial charge in [0, 0.05) is 10.6 Å². The molecule has 0 bridgehead atoms. The first-order valence-electron chi connectivity index (χ1n) is 5.60. The van der Waals surface area contributed by atoms with Gasteiger partial charge in [0.05, 0.1) is 6.04 Å². The van der Waals surface area contributed by atoms with Crippen molar-refractivity contribution in [3.63, 3.8) is 0 Å². The van der Waals surface area contributed by atoms with Gasteiger partial charge in [-0.3, -0.25) is 0 Å². The Morgan fingerprint density at radius 3 is 2.16 bits per heavy atom. The van der Waals surface area contributed by atoms with E-state index in [0.29, 0.717) is 5.56 Å². The number of benzene rings is 2. The Morgan fingerprint density at radius 2 is 1.53 bits per heavy atom. The normalized spacial score (nSPS) is 12.5. The van der Waals surface area contributed by atoms with Crippen molar-refractivity contribution >= 4 is 11.6 Å². The fourth-order valence-electron chi connectivity index (χ4n) is 1.95. The average molecular weight is 286 g/mol. The van der Waals surface area contributed by atoms with Crippen molar-refractivity contribution in [1.82, 2.24) is 5.32 Å². The zero-order valence-corrected chi connectivity index (χ0v) is 10.8. The van der Waals surface area contributed by atoms with E-state index in [1.807, 2.05) is 0 Å². The third kappa shape index (κ3) is 2.91. The molecule has 1 nitrogen and oxygen atoms in total. The molecule has 0 saturated heterocycles. The molecule has 100 valence electrons. The van der Waals surface area contributed by atoms with Gasteiger partial charge in [-0.05, 0) is 49.0 Å². The van der Waals surface area contributed by atoms with Crippen LogP contribution in [0.25, 0.3) is 0 Å². The molecule has 2 aromatic rings. The van der Waals surface area contributed by atoms with Crippen LogP contribution in [0.4, 0.5) is 13.2 Å². The van der Waals surface area contributed by atoms with E-state index in [9.17, 15) is 13.2 Å². The van der Waals surface area contributed by atoms with Gasteiger partial charge in [-0.25, -0.2) is 13.2 Å². The summed E-state index contributed by atoms with van der Waals surface area (Å²) in [6.07, 6.45) is 0. The van der Waals surface area contributed by atoms with Crippen LogP contribution in [0.15, 0.2) is 36.4 Å². The quantitative estimate of drug-likeness (QED) is 0.896. The van der Waals surface area contributed by atoms with Crippen LogP contribution < -0.4 is 5.32 Å². The summed E-state index contributed by atoms with van der Waals surface area (Å²) in [6, 6.07) is 6.19. The topological polar surface area (TPSA) is 12.0 Å². The minimum atomic E-state index is -0.723. The predicted octanol–water partition coefficient (Wildman–Crippen LogP) is 4.07. The zero-order chi connectivity index (χ0) is 14.0. The molecule has 2 aromatic carbocycles. The fourth-order valence-corrected chi connectivity index (χ4v) is 2.18. The van der Waals surface area contributed by atoms with Crippen LogP contribution in [0.2, 0.25) is 5.02 Å². The highest BCUT2D eigenvalue weighted by atomic mass is 35.5. The van der Waals surface area contributed by atoms with Crippen LogP contribution >= 0.6 is 11.6 Å². The Kier molecular flexibility index (Phi) is 4.12. The average Bonchev–Trinajstić information content (AvgIpc) is 2.38. The number of hydrogen-bond acceptors (Lipinski definition) is 1. The Labute approximate surface area is 114 Å². The summed E-state index contributed by atoms with van der Waals surface area (Å²) in [5, 5.41) is 3.09. The molecular formula is C14H11ClF3N. The molecule has 0 heterocycles. The fraction of sp³-hybridized carbons (Fsp3) is 0.143. The summed E-state index contributed by atoms with van der Waals surface area (Å²) in [7, 11) is 1.57. The van der Waals surface area contributed by atoms with E-state index in [1.165, 1.54) is 18.2 Å². The van der Waals surface area contributed by atoms with Crippen LogP contribution in [0.3, 0.4) is 0 Å². The monoisotopic (exact) mass is 285 g/mol. The Balaban J connectivity index is 2.55. The van der Waals surface area contributed by atoms with Gasteiger partial charge in [-0.15, -0.1) is 0 Å². The van der Waals surface area contributed by atoms with Crippen molar-refractivity contribution < 1.29 is 13.2 Å². The summed E-state index contributed by atoms with van der Waals surface area (Å²) in [4.78, 5) is 0. The highest BCUT2D eigenvalue weighted by Crippen LogP contribution is 2.30. The zero-order valence-electron chi connectivity index (χ0n) is 10.1. The first-order valence-corrected chi connectivity index (χ1v) is 5.98. The van der Waals surface area contributed by atoms with Gasteiger partial charge in [0.25, 0.3) is 0 Å². The Morgan fingerprint density at radius 1 is 0.947 bits per heavy atom. The first-order chi connectivity index (χ1) is 9.02. The molecule has 0 amide bonds. The summed E-state index contributed by atoms with van der Waals surface area (Å²) in [5.74, 6) is -1.64. The second kappa shape index (κ2) is 5.63. The van der Waals surface area contributed by atoms with Crippen molar-refractivity contribution in [2.24, 2.45) is 0 Å². The second-order valence-electron chi connectivity index (χ2n) is 4.05. The van der Waals surface area contributed by atoms with E-state index in [2.05, 4.69) is 5.32 Å². The Hall–Kier alpha value is -1.52. The molecule has 0 spiro atoms. The van der Waals surface area contributed by atoms with Gasteiger partial charge >= 0.3 is 0 Å². The molecule has 1 N–H and O–H groups in total. The minimum Gasteiger partial charge on any atom is -0.309 e. The maximum absolute atomic E-state index is 13.8. The van der Waals surface area contributed by atoms with Gasteiger partial charge in [0.2, 0.25) is 0 Å². The highest BCUT2D eigenvalue weighted by molar-refractivity contribution is 6.31. The second-order valence-corrected chi connectivity index (χ2v) is 4.46. The van der Waals surface area contributed by atoms with Crippen LogP contribution in [-0.4, -0.2) is 7.05 Å². The van der Waals surface area contributed by atoms with E-state index in [4.69, 9.17) is 11.6 Å².